The van der Waals surface area contributed by atoms with E-state index in [4.69, 9.17) is 5.11 Å². The average Bonchev–Trinajstić information content (AvgIpc) is 2.17. The number of aliphatic carboxylic acids is 1. The molecule has 0 radical (unpaired) electrons. The quantitative estimate of drug-likeness (QED) is 0.736. The van der Waals surface area contributed by atoms with Crippen molar-refractivity contribution >= 4 is 16.2 Å². The van der Waals surface area contributed by atoms with Crippen LogP contribution in [0.1, 0.15) is 26.7 Å². The Morgan fingerprint density at radius 1 is 1.44 bits per heavy atom. The fourth-order valence-electron chi connectivity index (χ4n) is 1.57. The molecule has 0 aromatic heterocycles. The van der Waals surface area contributed by atoms with E-state index in [1.54, 1.807) is 0 Å². The Balaban J connectivity index is 2.60. The molecular weight excluding hydrogens is 232 g/mol. The van der Waals surface area contributed by atoms with Crippen molar-refractivity contribution in [3.8, 4) is 0 Å². The molecular formula is C9H18N2O4S. The molecule has 0 amide bonds. The Labute approximate surface area is 95.8 Å². The monoisotopic (exact) mass is 250 g/mol. The molecule has 1 fully saturated rings. The second-order valence-electron chi connectivity index (χ2n) is 4.26. The SMILES string of the molecule is CC1CCN(S(=O)(=O)NC(C)C(=O)O)CC1. The van der Waals surface area contributed by atoms with E-state index in [9.17, 15) is 13.2 Å². The zero-order valence-corrected chi connectivity index (χ0v) is 10.3. The van der Waals surface area contributed by atoms with Crippen LogP contribution in [0.5, 0.6) is 0 Å². The third-order valence-electron chi connectivity index (χ3n) is 2.78. The van der Waals surface area contributed by atoms with Crippen molar-refractivity contribution in [2.24, 2.45) is 5.92 Å². The zero-order chi connectivity index (χ0) is 12.3. The van der Waals surface area contributed by atoms with Crippen molar-refractivity contribution < 1.29 is 18.3 Å². The summed E-state index contributed by atoms with van der Waals surface area (Å²) in [5.41, 5.74) is 0. The summed E-state index contributed by atoms with van der Waals surface area (Å²) < 4.78 is 27.0. The van der Waals surface area contributed by atoms with E-state index < -0.39 is 22.2 Å². The molecule has 1 rings (SSSR count). The first-order chi connectivity index (χ1) is 7.33. The first-order valence-corrected chi connectivity index (χ1v) is 6.77. The van der Waals surface area contributed by atoms with Gasteiger partial charge in [0.05, 0.1) is 0 Å². The molecule has 1 saturated heterocycles. The van der Waals surface area contributed by atoms with Gasteiger partial charge in [0, 0.05) is 13.1 Å². The van der Waals surface area contributed by atoms with Crippen molar-refractivity contribution in [2.45, 2.75) is 32.7 Å². The van der Waals surface area contributed by atoms with Crippen LogP contribution in [0.15, 0.2) is 0 Å². The predicted molar refractivity (Wildman–Crippen MR) is 59.1 cm³/mol. The highest BCUT2D eigenvalue weighted by Crippen LogP contribution is 2.18. The number of hydrogen-bond donors (Lipinski definition) is 2. The number of rotatable bonds is 4. The van der Waals surface area contributed by atoms with Crippen LogP contribution in [0.25, 0.3) is 0 Å². The Kier molecular flexibility index (Phi) is 4.28. The number of nitrogens with one attached hydrogen (secondary N) is 1. The van der Waals surface area contributed by atoms with Gasteiger partial charge in [0.1, 0.15) is 6.04 Å². The maximum absolute atomic E-state index is 11.8. The highest BCUT2D eigenvalue weighted by atomic mass is 32.2. The van der Waals surface area contributed by atoms with Gasteiger partial charge in [-0.25, -0.2) is 0 Å². The summed E-state index contributed by atoms with van der Waals surface area (Å²) >= 11 is 0. The van der Waals surface area contributed by atoms with E-state index >= 15 is 0 Å². The summed E-state index contributed by atoms with van der Waals surface area (Å²) in [5, 5.41) is 8.64. The molecule has 0 aromatic rings. The second kappa shape index (κ2) is 5.11. The molecule has 1 aliphatic heterocycles. The van der Waals surface area contributed by atoms with E-state index in [2.05, 4.69) is 11.6 Å². The lowest BCUT2D eigenvalue weighted by molar-refractivity contribution is -0.138. The molecule has 0 saturated carbocycles. The lowest BCUT2D eigenvalue weighted by Gasteiger charge is -2.29. The van der Waals surface area contributed by atoms with Crippen LogP contribution in [0.2, 0.25) is 0 Å². The molecule has 7 heteroatoms. The minimum Gasteiger partial charge on any atom is -0.480 e. The summed E-state index contributed by atoms with van der Waals surface area (Å²) in [6.45, 7) is 4.31. The summed E-state index contributed by atoms with van der Waals surface area (Å²) in [6.07, 6.45) is 1.64. The molecule has 0 spiro atoms. The number of nitrogens with zero attached hydrogens (tertiary/aromatic N) is 1. The number of hydrogen-bond acceptors (Lipinski definition) is 3. The lowest BCUT2D eigenvalue weighted by Crippen LogP contribution is -2.49. The van der Waals surface area contributed by atoms with E-state index in [1.165, 1.54) is 11.2 Å². The van der Waals surface area contributed by atoms with Crippen LogP contribution in [0.3, 0.4) is 0 Å². The molecule has 0 aromatic carbocycles. The molecule has 0 aliphatic carbocycles. The van der Waals surface area contributed by atoms with Crippen LogP contribution in [-0.4, -0.2) is 42.9 Å². The molecule has 1 unspecified atom stereocenters. The van der Waals surface area contributed by atoms with Crippen molar-refractivity contribution in [3.63, 3.8) is 0 Å². The van der Waals surface area contributed by atoms with Gasteiger partial charge in [-0.15, -0.1) is 0 Å². The van der Waals surface area contributed by atoms with Gasteiger partial charge in [-0.2, -0.15) is 17.4 Å². The predicted octanol–water partition coefficient (Wildman–Crippen LogP) is 0.0258. The van der Waals surface area contributed by atoms with Gasteiger partial charge >= 0.3 is 5.97 Å². The van der Waals surface area contributed by atoms with Gasteiger partial charge in [0.2, 0.25) is 0 Å². The number of carboxylic acids is 1. The Hall–Kier alpha value is -0.660. The third-order valence-corrected chi connectivity index (χ3v) is 4.48. The van der Waals surface area contributed by atoms with Crippen molar-refractivity contribution in [2.75, 3.05) is 13.1 Å². The van der Waals surface area contributed by atoms with Crippen molar-refractivity contribution in [1.29, 1.82) is 0 Å². The molecule has 6 nitrogen and oxygen atoms in total. The molecule has 16 heavy (non-hydrogen) atoms. The largest absolute Gasteiger partial charge is 0.480 e. The first kappa shape index (κ1) is 13.4. The van der Waals surface area contributed by atoms with E-state index in [-0.39, 0.29) is 0 Å². The fraction of sp³-hybridized carbons (Fsp3) is 0.889. The smallest absolute Gasteiger partial charge is 0.321 e. The maximum atomic E-state index is 11.8. The second-order valence-corrected chi connectivity index (χ2v) is 5.97. The Bertz CT molecular complexity index is 347. The number of piperidine rings is 1. The van der Waals surface area contributed by atoms with Crippen LogP contribution in [0.4, 0.5) is 0 Å². The summed E-state index contributed by atoms with van der Waals surface area (Å²) in [6, 6.07) is -1.09. The minimum atomic E-state index is -3.65. The molecule has 1 aliphatic rings. The third kappa shape index (κ3) is 3.43. The summed E-state index contributed by atoms with van der Waals surface area (Å²) in [4.78, 5) is 10.6. The average molecular weight is 250 g/mol. The topological polar surface area (TPSA) is 86.7 Å². The number of carboxylic acid groups (broad SMARTS) is 1. The van der Waals surface area contributed by atoms with Gasteiger partial charge in [-0.3, -0.25) is 4.79 Å². The highest BCUT2D eigenvalue weighted by molar-refractivity contribution is 7.87. The molecule has 94 valence electrons. The van der Waals surface area contributed by atoms with Gasteiger partial charge in [0.25, 0.3) is 10.2 Å². The first-order valence-electron chi connectivity index (χ1n) is 5.33. The van der Waals surface area contributed by atoms with E-state index in [1.807, 2.05) is 0 Å². The Morgan fingerprint density at radius 2 is 1.94 bits per heavy atom. The summed E-state index contributed by atoms with van der Waals surface area (Å²) in [7, 11) is -3.65. The normalized spacial score (nSPS) is 21.9. The van der Waals surface area contributed by atoms with Crippen molar-refractivity contribution in [1.82, 2.24) is 9.03 Å². The van der Waals surface area contributed by atoms with Gasteiger partial charge in [-0.1, -0.05) is 6.92 Å². The van der Waals surface area contributed by atoms with Crippen LogP contribution in [-0.2, 0) is 15.0 Å². The molecule has 1 atom stereocenters. The van der Waals surface area contributed by atoms with Gasteiger partial charge < -0.3 is 5.11 Å². The Morgan fingerprint density at radius 3 is 2.38 bits per heavy atom. The lowest BCUT2D eigenvalue weighted by atomic mass is 10.0. The fourth-order valence-corrected chi connectivity index (χ4v) is 2.96. The minimum absolute atomic E-state index is 0.461. The molecule has 2 N–H and O–H groups in total. The molecule has 1 heterocycles. The zero-order valence-electron chi connectivity index (χ0n) is 9.51. The van der Waals surface area contributed by atoms with Crippen LogP contribution >= 0.6 is 0 Å². The maximum Gasteiger partial charge on any atom is 0.321 e. The van der Waals surface area contributed by atoms with Gasteiger partial charge in [0.15, 0.2) is 0 Å². The van der Waals surface area contributed by atoms with Crippen LogP contribution < -0.4 is 4.72 Å². The summed E-state index contributed by atoms with van der Waals surface area (Å²) in [5.74, 6) is -0.641. The highest BCUT2D eigenvalue weighted by Gasteiger charge is 2.28. The van der Waals surface area contributed by atoms with E-state index in [0.29, 0.717) is 19.0 Å². The van der Waals surface area contributed by atoms with Crippen molar-refractivity contribution in [3.05, 3.63) is 0 Å². The van der Waals surface area contributed by atoms with Gasteiger partial charge in [-0.05, 0) is 25.7 Å². The number of carbonyl (C=O) groups is 1. The molecule has 0 bridgehead atoms. The standard InChI is InChI=1S/C9H18N2O4S/c1-7-3-5-11(6-4-7)16(14,15)10-8(2)9(12)13/h7-8,10H,3-6H2,1-2H3,(H,12,13). The van der Waals surface area contributed by atoms with Crippen LogP contribution in [0, 0.1) is 5.92 Å². The van der Waals surface area contributed by atoms with E-state index in [0.717, 1.165) is 12.8 Å².